The number of alkyl halides is 1. The second-order valence-electron chi connectivity index (χ2n) is 2.55. The Morgan fingerprint density at radius 3 is 2.69 bits per heavy atom. The van der Waals surface area contributed by atoms with Gasteiger partial charge in [0, 0.05) is 24.0 Å². The summed E-state index contributed by atoms with van der Waals surface area (Å²) >= 11 is 5.58. The first kappa shape index (κ1) is 8.26. The summed E-state index contributed by atoms with van der Waals surface area (Å²) in [6.07, 6.45) is 3.43. The number of rotatable bonds is 2. The smallest absolute Gasteiger partial charge is 0.152 e. The molecule has 13 heavy (non-hydrogen) atoms. The molecule has 0 aromatic carbocycles. The topological polar surface area (TPSA) is 38.9 Å². The van der Waals surface area contributed by atoms with Crippen molar-refractivity contribution in [1.82, 2.24) is 10.1 Å². The molecule has 2 rings (SSSR count). The van der Waals surface area contributed by atoms with Crippen molar-refractivity contribution in [3.05, 3.63) is 36.4 Å². The van der Waals surface area contributed by atoms with Gasteiger partial charge >= 0.3 is 0 Å². The zero-order chi connectivity index (χ0) is 9.10. The molecule has 2 aromatic rings. The second-order valence-corrected chi connectivity index (χ2v) is 2.82. The standard InChI is InChI=1S/C9H7ClN2O/c10-6-8-5-9(12-13-8)7-1-3-11-4-2-7/h1-5H,6H2. The van der Waals surface area contributed by atoms with Gasteiger partial charge in [0.2, 0.25) is 0 Å². The lowest BCUT2D eigenvalue weighted by Crippen LogP contribution is -1.76. The SMILES string of the molecule is ClCc1cc(-c2ccncc2)no1. The number of hydrogen-bond acceptors (Lipinski definition) is 3. The van der Waals surface area contributed by atoms with Crippen LogP contribution in [0.1, 0.15) is 5.76 Å². The highest BCUT2D eigenvalue weighted by atomic mass is 35.5. The Morgan fingerprint density at radius 2 is 2.08 bits per heavy atom. The molecule has 2 aromatic heterocycles. The van der Waals surface area contributed by atoms with Crippen LogP contribution >= 0.6 is 11.6 Å². The third kappa shape index (κ3) is 1.70. The van der Waals surface area contributed by atoms with E-state index in [0.29, 0.717) is 11.6 Å². The predicted octanol–water partition coefficient (Wildman–Crippen LogP) is 2.48. The highest BCUT2D eigenvalue weighted by molar-refractivity contribution is 6.16. The minimum atomic E-state index is 0.345. The number of nitrogens with zero attached hydrogens (tertiary/aromatic N) is 2. The van der Waals surface area contributed by atoms with Crippen LogP contribution in [-0.4, -0.2) is 10.1 Å². The summed E-state index contributed by atoms with van der Waals surface area (Å²) in [7, 11) is 0. The second kappa shape index (κ2) is 3.58. The molecule has 0 saturated heterocycles. The lowest BCUT2D eigenvalue weighted by atomic mass is 10.2. The molecular weight excluding hydrogens is 188 g/mol. The van der Waals surface area contributed by atoms with Crippen molar-refractivity contribution in [3.63, 3.8) is 0 Å². The summed E-state index contributed by atoms with van der Waals surface area (Å²) in [5.41, 5.74) is 1.77. The summed E-state index contributed by atoms with van der Waals surface area (Å²) in [6, 6.07) is 5.56. The monoisotopic (exact) mass is 194 g/mol. The largest absolute Gasteiger partial charge is 0.359 e. The molecule has 0 aliphatic rings. The van der Waals surface area contributed by atoms with Crippen LogP contribution in [0, 0.1) is 0 Å². The number of hydrogen-bond donors (Lipinski definition) is 0. The molecule has 0 spiro atoms. The molecule has 0 atom stereocenters. The van der Waals surface area contributed by atoms with Gasteiger partial charge in [-0.05, 0) is 12.1 Å². The average molecular weight is 195 g/mol. The average Bonchev–Trinajstić information content (AvgIpc) is 2.67. The minimum absolute atomic E-state index is 0.345. The minimum Gasteiger partial charge on any atom is -0.359 e. The summed E-state index contributed by atoms with van der Waals surface area (Å²) in [4.78, 5) is 3.91. The number of halogens is 1. The molecule has 0 saturated carbocycles. The van der Waals surface area contributed by atoms with Crippen molar-refractivity contribution >= 4 is 11.6 Å². The van der Waals surface area contributed by atoms with Crippen LogP contribution in [0.2, 0.25) is 0 Å². The van der Waals surface area contributed by atoms with E-state index < -0.39 is 0 Å². The van der Waals surface area contributed by atoms with Crippen molar-refractivity contribution in [2.75, 3.05) is 0 Å². The van der Waals surface area contributed by atoms with E-state index in [2.05, 4.69) is 10.1 Å². The van der Waals surface area contributed by atoms with E-state index in [1.807, 2.05) is 18.2 Å². The molecule has 0 N–H and O–H groups in total. The first-order chi connectivity index (χ1) is 6.40. The molecular formula is C9H7ClN2O. The first-order valence-electron chi connectivity index (χ1n) is 3.82. The molecule has 0 aliphatic carbocycles. The van der Waals surface area contributed by atoms with Crippen LogP contribution in [0.15, 0.2) is 35.1 Å². The Bertz CT molecular complexity index is 386. The van der Waals surface area contributed by atoms with Crippen molar-refractivity contribution in [1.29, 1.82) is 0 Å². The molecule has 2 heterocycles. The van der Waals surface area contributed by atoms with Gasteiger partial charge < -0.3 is 4.52 Å². The fraction of sp³-hybridized carbons (Fsp3) is 0.111. The third-order valence-electron chi connectivity index (χ3n) is 1.67. The quantitative estimate of drug-likeness (QED) is 0.690. The molecule has 0 unspecified atom stereocenters. The van der Waals surface area contributed by atoms with E-state index in [0.717, 1.165) is 11.3 Å². The van der Waals surface area contributed by atoms with Gasteiger partial charge in [0.05, 0.1) is 5.88 Å². The highest BCUT2D eigenvalue weighted by Crippen LogP contribution is 2.18. The molecule has 0 aliphatic heterocycles. The summed E-state index contributed by atoms with van der Waals surface area (Å²) < 4.78 is 4.97. The number of aromatic nitrogens is 2. The maximum absolute atomic E-state index is 5.58. The summed E-state index contributed by atoms with van der Waals surface area (Å²) in [5.74, 6) is 1.02. The van der Waals surface area contributed by atoms with Crippen LogP contribution in [0.5, 0.6) is 0 Å². The molecule has 66 valence electrons. The lowest BCUT2D eigenvalue weighted by molar-refractivity contribution is 0.396. The Balaban J connectivity index is 2.36. The molecule has 0 bridgehead atoms. The molecule has 3 nitrogen and oxygen atoms in total. The fourth-order valence-electron chi connectivity index (χ4n) is 1.03. The van der Waals surface area contributed by atoms with Crippen LogP contribution < -0.4 is 0 Å². The van der Waals surface area contributed by atoms with Gasteiger partial charge in [-0.3, -0.25) is 4.98 Å². The van der Waals surface area contributed by atoms with Gasteiger partial charge in [-0.2, -0.15) is 0 Å². The maximum atomic E-state index is 5.58. The number of pyridine rings is 1. The van der Waals surface area contributed by atoms with Crippen LogP contribution in [0.25, 0.3) is 11.3 Å². The lowest BCUT2D eigenvalue weighted by Gasteiger charge is -1.90. The molecule has 0 amide bonds. The maximum Gasteiger partial charge on any atom is 0.152 e. The first-order valence-corrected chi connectivity index (χ1v) is 4.35. The van der Waals surface area contributed by atoms with E-state index in [4.69, 9.17) is 16.1 Å². The molecule has 0 radical (unpaired) electrons. The van der Waals surface area contributed by atoms with Gasteiger partial charge in [0.25, 0.3) is 0 Å². The Hall–Kier alpha value is -1.35. The van der Waals surface area contributed by atoms with E-state index in [1.165, 1.54) is 0 Å². The van der Waals surface area contributed by atoms with Crippen molar-refractivity contribution in [2.24, 2.45) is 0 Å². The zero-order valence-electron chi connectivity index (χ0n) is 6.77. The third-order valence-corrected chi connectivity index (χ3v) is 1.93. The normalized spacial score (nSPS) is 10.2. The predicted molar refractivity (Wildman–Crippen MR) is 49.3 cm³/mol. The van der Waals surface area contributed by atoms with Crippen LogP contribution in [0.4, 0.5) is 0 Å². The summed E-state index contributed by atoms with van der Waals surface area (Å²) in [6.45, 7) is 0. The van der Waals surface area contributed by atoms with Crippen molar-refractivity contribution < 1.29 is 4.52 Å². The zero-order valence-corrected chi connectivity index (χ0v) is 7.53. The molecule has 4 heteroatoms. The van der Waals surface area contributed by atoms with Crippen LogP contribution in [-0.2, 0) is 5.88 Å². The van der Waals surface area contributed by atoms with Crippen LogP contribution in [0.3, 0.4) is 0 Å². The van der Waals surface area contributed by atoms with E-state index in [1.54, 1.807) is 12.4 Å². The molecule has 0 fully saturated rings. The Morgan fingerprint density at radius 1 is 1.31 bits per heavy atom. The fourth-order valence-corrected chi connectivity index (χ4v) is 1.16. The van der Waals surface area contributed by atoms with Gasteiger partial charge in [-0.1, -0.05) is 5.16 Å². The van der Waals surface area contributed by atoms with E-state index in [-0.39, 0.29) is 0 Å². The van der Waals surface area contributed by atoms with Gasteiger partial charge in [0.1, 0.15) is 5.69 Å². The van der Waals surface area contributed by atoms with Gasteiger partial charge in [-0.25, -0.2) is 0 Å². The van der Waals surface area contributed by atoms with Gasteiger partial charge in [-0.15, -0.1) is 11.6 Å². The van der Waals surface area contributed by atoms with Gasteiger partial charge in [0.15, 0.2) is 5.76 Å². The van der Waals surface area contributed by atoms with Crippen molar-refractivity contribution in [3.8, 4) is 11.3 Å². The van der Waals surface area contributed by atoms with E-state index in [9.17, 15) is 0 Å². The summed E-state index contributed by atoms with van der Waals surface area (Å²) in [5, 5.41) is 3.87. The van der Waals surface area contributed by atoms with Crippen molar-refractivity contribution in [2.45, 2.75) is 5.88 Å². The highest BCUT2D eigenvalue weighted by Gasteiger charge is 2.04. The van der Waals surface area contributed by atoms with E-state index >= 15 is 0 Å². The Kier molecular flexibility index (Phi) is 2.27. The Labute approximate surface area is 80.3 Å².